The second-order valence-electron chi connectivity index (χ2n) is 1.97. The van der Waals surface area contributed by atoms with Crippen LogP contribution in [0.15, 0.2) is 4.52 Å². The molecule has 9 heavy (non-hydrogen) atoms. The van der Waals surface area contributed by atoms with E-state index >= 15 is 0 Å². The van der Waals surface area contributed by atoms with Crippen molar-refractivity contribution < 1.29 is 4.52 Å². The van der Waals surface area contributed by atoms with Crippen LogP contribution in [0.5, 0.6) is 0 Å². The molecule has 0 unspecified atom stereocenters. The van der Waals surface area contributed by atoms with E-state index < -0.39 is 0 Å². The van der Waals surface area contributed by atoms with Gasteiger partial charge in [0, 0.05) is 6.04 Å². The van der Waals surface area contributed by atoms with E-state index in [0.29, 0.717) is 12.1 Å². The van der Waals surface area contributed by atoms with E-state index in [1.165, 1.54) is 0 Å². The van der Waals surface area contributed by atoms with E-state index in [1.54, 1.807) is 0 Å². The van der Waals surface area contributed by atoms with Gasteiger partial charge in [-0.15, -0.1) is 0 Å². The summed E-state index contributed by atoms with van der Waals surface area (Å²) in [6, 6.07) is 0.664. The lowest BCUT2D eigenvalue weighted by Gasteiger charge is -2.00. The number of nitrogens with one attached hydrogen (secondary N) is 1. The quantitative estimate of drug-likeness (QED) is 0.620. The van der Waals surface area contributed by atoms with E-state index in [-0.39, 0.29) is 0 Å². The maximum Gasteiger partial charge on any atom is 0.342 e. The van der Waals surface area contributed by atoms with Gasteiger partial charge in [-0.05, 0) is 19.1 Å². The summed E-state index contributed by atoms with van der Waals surface area (Å²) in [7, 11) is 0. The van der Waals surface area contributed by atoms with Crippen LogP contribution in [-0.4, -0.2) is 21.6 Å². The molecule has 1 rings (SSSR count). The second kappa shape index (κ2) is 2.43. The van der Waals surface area contributed by atoms with Crippen LogP contribution in [0.4, 0.5) is 6.01 Å². The number of nitrogens with zero attached hydrogens (tertiary/aromatic N) is 3. The van der Waals surface area contributed by atoms with Gasteiger partial charge in [0.1, 0.15) is 0 Å². The fourth-order valence-corrected chi connectivity index (χ4v) is 0.436. The molecule has 0 fully saturated rings. The van der Waals surface area contributed by atoms with Crippen LogP contribution < -0.4 is 5.32 Å². The lowest BCUT2D eigenvalue weighted by molar-refractivity contribution is 0.402. The maximum atomic E-state index is 4.56. The lowest BCUT2D eigenvalue weighted by Crippen LogP contribution is -2.09. The van der Waals surface area contributed by atoms with Crippen LogP contribution in [0.3, 0.4) is 0 Å². The monoisotopic (exact) mass is 128 g/mol. The molecule has 1 aromatic heterocycles. The van der Waals surface area contributed by atoms with Gasteiger partial charge in [0.25, 0.3) is 0 Å². The van der Waals surface area contributed by atoms with Gasteiger partial charge in [0.15, 0.2) is 0 Å². The summed E-state index contributed by atoms with van der Waals surface area (Å²) in [6.07, 6.45) is 0. The van der Waals surface area contributed by atoms with Gasteiger partial charge >= 0.3 is 6.01 Å². The Morgan fingerprint density at radius 3 is 2.78 bits per heavy atom. The highest BCUT2D eigenvalue weighted by Gasteiger charge is 1.98. The molecule has 0 saturated carbocycles. The summed E-state index contributed by atoms with van der Waals surface area (Å²) < 4.78 is 4.56. The first-order chi connectivity index (χ1) is 4.29. The van der Waals surface area contributed by atoms with E-state index in [4.69, 9.17) is 0 Å². The van der Waals surface area contributed by atoms with Crippen molar-refractivity contribution in [1.29, 1.82) is 0 Å². The molecule has 0 aromatic carbocycles. The molecule has 0 atom stereocenters. The Balaban J connectivity index is 2.48. The van der Waals surface area contributed by atoms with E-state index in [9.17, 15) is 0 Å². The number of hydrogen-bond donors (Lipinski definition) is 1. The topological polar surface area (TPSA) is 63.8 Å². The molecule has 5 nitrogen and oxygen atoms in total. The largest absolute Gasteiger partial charge is 0.342 e. The summed E-state index contributed by atoms with van der Waals surface area (Å²) >= 11 is 0. The molecule has 0 spiro atoms. The van der Waals surface area contributed by atoms with Crippen molar-refractivity contribution in [2.45, 2.75) is 19.9 Å². The average molecular weight is 128 g/mol. The zero-order valence-electron chi connectivity index (χ0n) is 5.33. The van der Waals surface area contributed by atoms with Gasteiger partial charge in [0.2, 0.25) is 0 Å². The van der Waals surface area contributed by atoms with Crippen molar-refractivity contribution in [2.75, 3.05) is 5.32 Å². The third-order valence-corrected chi connectivity index (χ3v) is 0.712. The molecule has 0 aliphatic carbocycles. The van der Waals surface area contributed by atoms with Gasteiger partial charge in [-0.2, -0.15) is 0 Å². The normalized spacial score (nSPS) is 10.1. The van der Waals surface area contributed by atoms with Gasteiger partial charge in [-0.1, -0.05) is 5.10 Å². The molecule has 1 N–H and O–H groups in total. The van der Waals surface area contributed by atoms with Crippen LogP contribution in [0.2, 0.25) is 0 Å². The molecule has 0 aliphatic heterocycles. The standard InChI is InChI=1S/C4H8N4O/c1-3(2)5-4-6-7-8-9-4/h3H,1-2H3,(H,5,6,8). The molecule has 0 saturated heterocycles. The van der Waals surface area contributed by atoms with Crippen molar-refractivity contribution in [3.63, 3.8) is 0 Å². The highest BCUT2D eigenvalue weighted by molar-refractivity contribution is 5.15. The van der Waals surface area contributed by atoms with Gasteiger partial charge < -0.3 is 5.32 Å². The number of rotatable bonds is 2. The predicted octanol–water partition coefficient (Wildman–Crippen LogP) is 0.285. The highest BCUT2D eigenvalue weighted by atomic mass is 16.5. The molecule has 0 aliphatic rings. The zero-order chi connectivity index (χ0) is 6.69. The van der Waals surface area contributed by atoms with Crippen LogP contribution >= 0.6 is 0 Å². The molecular weight excluding hydrogens is 120 g/mol. The molecule has 0 bridgehead atoms. The summed E-state index contributed by atoms with van der Waals surface area (Å²) in [6.45, 7) is 3.95. The molecule has 50 valence electrons. The third kappa shape index (κ3) is 1.67. The van der Waals surface area contributed by atoms with Crippen molar-refractivity contribution >= 4 is 6.01 Å². The molecule has 1 aromatic rings. The minimum Gasteiger partial charge on any atom is -0.334 e. The van der Waals surface area contributed by atoms with E-state index in [1.807, 2.05) is 13.8 Å². The first-order valence-corrected chi connectivity index (χ1v) is 2.70. The Hall–Kier alpha value is -1.13. The highest BCUT2D eigenvalue weighted by Crippen LogP contribution is 1.97. The molecule has 0 radical (unpaired) electrons. The number of anilines is 1. The van der Waals surface area contributed by atoms with Crippen LogP contribution in [0.25, 0.3) is 0 Å². The summed E-state index contributed by atoms with van der Waals surface area (Å²) in [4.78, 5) is 0. The Morgan fingerprint density at radius 2 is 2.33 bits per heavy atom. The minimum atomic E-state index is 0.298. The fraction of sp³-hybridized carbons (Fsp3) is 0.750. The maximum absolute atomic E-state index is 4.56. The van der Waals surface area contributed by atoms with E-state index in [2.05, 4.69) is 25.4 Å². The van der Waals surface area contributed by atoms with Crippen molar-refractivity contribution in [3.8, 4) is 0 Å². The third-order valence-electron chi connectivity index (χ3n) is 0.712. The number of aromatic nitrogens is 3. The van der Waals surface area contributed by atoms with Crippen LogP contribution in [0.1, 0.15) is 13.8 Å². The first kappa shape index (κ1) is 6.00. The Labute approximate surface area is 52.4 Å². The minimum absolute atomic E-state index is 0.298. The summed E-state index contributed by atoms with van der Waals surface area (Å²) in [5.74, 6) is 0. The smallest absolute Gasteiger partial charge is 0.334 e. The second-order valence-corrected chi connectivity index (χ2v) is 1.97. The van der Waals surface area contributed by atoms with Crippen molar-refractivity contribution in [1.82, 2.24) is 15.6 Å². The van der Waals surface area contributed by atoms with Crippen LogP contribution in [-0.2, 0) is 0 Å². The Morgan fingerprint density at radius 1 is 1.56 bits per heavy atom. The Kier molecular flexibility index (Phi) is 1.62. The predicted molar refractivity (Wildman–Crippen MR) is 30.9 cm³/mol. The van der Waals surface area contributed by atoms with Crippen molar-refractivity contribution in [3.05, 3.63) is 0 Å². The van der Waals surface area contributed by atoms with Crippen molar-refractivity contribution in [2.24, 2.45) is 0 Å². The lowest BCUT2D eigenvalue weighted by atomic mass is 10.4. The summed E-state index contributed by atoms with van der Waals surface area (Å²) in [5, 5.41) is 12.8. The molecule has 1 heterocycles. The zero-order valence-corrected chi connectivity index (χ0v) is 5.33. The van der Waals surface area contributed by atoms with Crippen LogP contribution in [0, 0.1) is 0 Å². The first-order valence-electron chi connectivity index (χ1n) is 2.70. The van der Waals surface area contributed by atoms with Gasteiger partial charge in [-0.3, -0.25) is 4.52 Å². The summed E-state index contributed by atoms with van der Waals surface area (Å²) in [5.41, 5.74) is 0. The molecule has 0 amide bonds. The van der Waals surface area contributed by atoms with Gasteiger partial charge in [-0.25, -0.2) is 0 Å². The Bertz CT molecular complexity index is 159. The fourth-order valence-electron chi connectivity index (χ4n) is 0.436. The molecule has 5 heteroatoms. The van der Waals surface area contributed by atoms with E-state index in [0.717, 1.165) is 0 Å². The SMILES string of the molecule is CC(C)Nc1nnno1. The average Bonchev–Trinajstić information content (AvgIpc) is 2.15. The van der Waals surface area contributed by atoms with Gasteiger partial charge in [0.05, 0.1) is 5.27 Å². The molecular formula is C4H8N4O. The number of hydrogen-bond acceptors (Lipinski definition) is 5.